The summed E-state index contributed by atoms with van der Waals surface area (Å²) in [4.78, 5) is 20.0. The summed E-state index contributed by atoms with van der Waals surface area (Å²) in [5.41, 5.74) is 2.02. The Morgan fingerprint density at radius 2 is 1.77 bits per heavy atom. The largest absolute Gasteiger partial charge is 0.508 e. The summed E-state index contributed by atoms with van der Waals surface area (Å²) in [7, 11) is 0. The molecule has 0 amide bonds. The zero-order chi connectivity index (χ0) is 17.7. The van der Waals surface area contributed by atoms with Crippen LogP contribution in [0.15, 0.2) is 65.5 Å². The quantitative estimate of drug-likeness (QED) is 0.483. The molecule has 0 aliphatic carbocycles. The average molecular weight is 342 g/mol. The number of aromatic amines is 1. The monoisotopic (exact) mass is 342 g/mol. The van der Waals surface area contributed by atoms with Crippen molar-refractivity contribution in [3.05, 3.63) is 82.1 Å². The van der Waals surface area contributed by atoms with Crippen molar-refractivity contribution in [3.8, 4) is 28.8 Å². The molecule has 4 aromatic rings. The molecular formula is C21H14N2O3. The van der Waals surface area contributed by atoms with Crippen LogP contribution in [0, 0.1) is 0 Å². The van der Waals surface area contributed by atoms with Crippen molar-refractivity contribution >= 4 is 10.8 Å². The Hall–Kier alpha value is -3.60. The van der Waals surface area contributed by atoms with Gasteiger partial charge in [0.05, 0.1) is 5.56 Å². The number of ether oxygens (including phenoxy) is 1. The third-order valence-electron chi connectivity index (χ3n) is 4.68. The van der Waals surface area contributed by atoms with E-state index in [0.717, 1.165) is 22.1 Å². The summed E-state index contributed by atoms with van der Waals surface area (Å²) in [5.74, 6) is 1.63. The lowest BCUT2D eigenvalue weighted by atomic mass is 9.96. The highest BCUT2D eigenvalue weighted by Crippen LogP contribution is 2.38. The zero-order valence-electron chi connectivity index (χ0n) is 13.7. The van der Waals surface area contributed by atoms with Gasteiger partial charge in [0.15, 0.2) is 0 Å². The Kier molecular flexibility index (Phi) is 3.09. The van der Waals surface area contributed by atoms with Crippen molar-refractivity contribution in [3.63, 3.8) is 0 Å². The molecule has 26 heavy (non-hydrogen) atoms. The molecule has 0 atom stereocenters. The highest BCUT2D eigenvalue weighted by atomic mass is 16.5. The number of hydrogen-bond donors (Lipinski definition) is 2. The summed E-state index contributed by atoms with van der Waals surface area (Å²) in [5, 5.41) is 11.6. The van der Waals surface area contributed by atoms with Crippen molar-refractivity contribution < 1.29 is 9.84 Å². The highest BCUT2D eigenvalue weighted by Gasteiger charge is 2.24. The van der Waals surface area contributed by atoms with E-state index in [1.165, 1.54) is 0 Å². The van der Waals surface area contributed by atoms with E-state index in [9.17, 15) is 9.90 Å². The van der Waals surface area contributed by atoms with Gasteiger partial charge in [-0.15, -0.1) is 0 Å². The standard InChI is InChI=1S/C21H14N2O3/c24-14-8-5-13(6-9-14)19-22-20(25)17-11-16-15-4-2-1-3-12(15)7-10-18(16)26-21(17)23-19/h1-10,24H,11H2,(H,22,23,25). The van der Waals surface area contributed by atoms with Gasteiger partial charge < -0.3 is 14.8 Å². The number of aromatic nitrogens is 2. The minimum absolute atomic E-state index is 0.158. The van der Waals surface area contributed by atoms with Crippen LogP contribution >= 0.6 is 0 Å². The fourth-order valence-electron chi connectivity index (χ4n) is 3.35. The molecule has 0 radical (unpaired) electrons. The minimum Gasteiger partial charge on any atom is -0.508 e. The van der Waals surface area contributed by atoms with Gasteiger partial charge in [-0.3, -0.25) is 4.79 Å². The van der Waals surface area contributed by atoms with E-state index in [-0.39, 0.29) is 11.3 Å². The number of hydrogen-bond acceptors (Lipinski definition) is 4. The van der Waals surface area contributed by atoms with Crippen molar-refractivity contribution in [2.24, 2.45) is 0 Å². The van der Waals surface area contributed by atoms with Crippen LogP contribution in [-0.2, 0) is 6.42 Å². The number of rotatable bonds is 1. The molecule has 0 bridgehead atoms. The van der Waals surface area contributed by atoms with E-state index < -0.39 is 0 Å². The molecule has 0 saturated heterocycles. The maximum atomic E-state index is 12.6. The van der Waals surface area contributed by atoms with Crippen LogP contribution in [0.25, 0.3) is 22.2 Å². The van der Waals surface area contributed by atoms with Crippen molar-refractivity contribution in [2.45, 2.75) is 6.42 Å². The Bertz CT molecular complexity index is 1210. The van der Waals surface area contributed by atoms with Crippen molar-refractivity contribution in [1.29, 1.82) is 0 Å². The molecule has 3 aromatic carbocycles. The van der Waals surface area contributed by atoms with Gasteiger partial charge in [-0.25, -0.2) is 0 Å². The van der Waals surface area contributed by atoms with E-state index in [1.54, 1.807) is 24.3 Å². The molecule has 2 N–H and O–H groups in total. The minimum atomic E-state index is -0.211. The van der Waals surface area contributed by atoms with Gasteiger partial charge in [-0.05, 0) is 41.1 Å². The molecule has 0 spiro atoms. The van der Waals surface area contributed by atoms with Gasteiger partial charge in [0.2, 0.25) is 5.88 Å². The molecule has 1 aromatic heterocycles. The van der Waals surface area contributed by atoms with Crippen LogP contribution in [0.4, 0.5) is 0 Å². The van der Waals surface area contributed by atoms with E-state index in [4.69, 9.17) is 4.74 Å². The lowest BCUT2D eigenvalue weighted by Gasteiger charge is -2.20. The van der Waals surface area contributed by atoms with Crippen LogP contribution in [0.2, 0.25) is 0 Å². The SMILES string of the molecule is O=c1[nH]c(-c2ccc(O)cc2)nc2c1Cc1c(ccc3ccccc13)O2. The second-order valence-electron chi connectivity index (χ2n) is 6.29. The van der Waals surface area contributed by atoms with E-state index >= 15 is 0 Å². The van der Waals surface area contributed by atoms with Gasteiger partial charge in [0.1, 0.15) is 17.3 Å². The summed E-state index contributed by atoms with van der Waals surface area (Å²) in [6, 6.07) is 18.5. The van der Waals surface area contributed by atoms with Crippen molar-refractivity contribution in [2.75, 3.05) is 0 Å². The molecule has 1 aliphatic heterocycles. The maximum absolute atomic E-state index is 12.6. The number of fused-ring (bicyclic) bond motifs is 4. The molecule has 2 heterocycles. The lowest BCUT2D eigenvalue weighted by Crippen LogP contribution is -2.20. The predicted molar refractivity (Wildman–Crippen MR) is 98.8 cm³/mol. The fraction of sp³-hybridized carbons (Fsp3) is 0.0476. The van der Waals surface area contributed by atoms with Crippen LogP contribution in [0.5, 0.6) is 17.4 Å². The van der Waals surface area contributed by atoms with Crippen LogP contribution < -0.4 is 10.3 Å². The number of benzene rings is 3. The van der Waals surface area contributed by atoms with Crippen molar-refractivity contribution in [1.82, 2.24) is 9.97 Å². The molecule has 5 heteroatoms. The molecule has 126 valence electrons. The van der Waals surface area contributed by atoms with Crippen LogP contribution in [0.3, 0.4) is 0 Å². The summed E-state index contributed by atoms with van der Waals surface area (Å²) >= 11 is 0. The Balaban J connectivity index is 1.65. The van der Waals surface area contributed by atoms with Gasteiger partial charge in [0, 0.05) is 17.5 Å². The van der Waals surface area contributed by atoms with Crippen LogP contribution in [-0.4, -0.2) is 15.1 Å². The third kappa shape index (κ3) is 2.25. The highest BCUT2D eigenvalue weighted by molar-refractivity contribution is 5.88. The van der Waals surface area contributed by atoms with E-state index in [2.05, 4.69) is 9.97 Å². The first-order chi connectivity index (χ1) is 12.7. The van der Waals surface area contributed by atoms with E-state index in [1.807, 2.05) is 36.4 Å². The number of aromatic hydroxyl groups is 1. The second-order valence-corrected chi connectivity index (χ2v) is 6.29. The smallest absolute Gasteiger partial charge is 0.258 e. The Morgan fingerprint density at radius 1 is 0.962 bits per heavy atom. The molecule has 0 fully saturated rings. The number of phenols is 1. The molecule has 0 unspecified atom stereocenters. The fourth-order valence-corrected chi connectivity index (χ4v) is 3.35. The molecular weight excluding hydrogens is 328 g/mol. The summed E-state index contributed by atoms with van der Waals surface area (Å²) in [6.07, 6.45) is 0.476. The molecule has 5 rings (SSSR count). The predicted octanol–water partition coefficient (Wildman–Crippen LogP) is 3.99. The van der Waals surface area contributed by atoms with Gasteiger partial charge in [-0.1, -0.05) is 30.3 Å². The third-order valence-corrected chi connectivity index (χ3v) is 4.68. The van der Waals surface area contributed by atoms with Crippen LogP contribution in [0.1, 0.15) is 11.1 Å². The topological polar surface area (TPSA) is 75.2 Å². The Labute approximate surface area is 148 Å². The molecule has 0 saturated carbocycles. The van der Waals surface area contributed by atoms with E-state index in [0.29, 0.717) is 29.3 Å². The van der Waals surface area contributed by atoms with Gasteiger partial charge in [0.25, 0.3) is 5.56 Å². The lowest BCUT2D eigenvalue weighted by molar-refractivity contribution is 0.439. The number of nitrogens with zero attached hydrogens (tertiary/aromatic N) is 1. The number of nitrogens with one attached hydrogen (secondary N) is 1. The zero-order valence-corrected chi connectivity index (χ0v) is 13.7. The number of phenolic OH excluding ortho intramolecular Hbond substituents is 1. The first-order valence-electron chi connectivity index (χ1n) is 8.30. The summed E-state index contributed by atoms with van der Waals surface area (Å²) in [6.45, 7) is 0. The first-order valence-corrected chi connectivity index (χ1v) is 8.30. The normalized spacial score (nSPS) is 12.3. The molecule has 1 aliphatic rings. The van der Waals surface area contributed by atoms with Gasteiger partial charge in [-0.2, -0.15) is 4.98 Å². The second kappa shape index (κ2) is 5.46. The Morgan fingerprint density at radius 3 is 2.62 bits per heavy atom. The molecule has 5 nitrogen and oxygen atoms in total. The maximum Gasteiger partial charge on any atom is 0.258 e. The van der Waals surface area contributed by atoms with Gasteiger partial charge >= 0.3 is 0 Å². The summed E-state index contributed by atoms with van der Waals surface area (Å²) < 4.78 is 5.97. The number of H-pyrrole nitrogens is 1. The average Bonchev–Trinajstić information content (AvgIpc) is 2.67. The first kappa shape index (κ1) is 14.7.